The molecule has 0 atom stereocenters. The van der Waals surface area contributed by atoms with E-state index in [1.807, 2.05) is 0 Å². The quantitative estimate of drug-likeness (QED) is 0.869. The Hall–Kier alpha value is -2.41. The SMILES string of the molecule is CC(=O)Nc1ccc(OS(=O)(=O)c2cccnc2)cc1. The van der Waals surface area contributed by atoms with Crippen molar-refractivity contribution < 1.29 is 17.4 Å². The van der Waals surface area contributed by atoms with E-state index >= 15 is 0 Å². The van der Waals surface area contributed by atoms with E-state index in [2.05, 4.69) is 10.3 Å². The van der Waals surface area contributed by atoms with Crippen molar-refractivity contribution in [2.24, 2.45) is 0 Å². The number of hydrogen-bond acceptors (Lipinski definition) is 5. The number of anilines is 1. The zero-order valence-electron chi connectivity index (χ0n) is 10.6. The van der Waals surface area contributed by atoms with E-state index in [1.54, 1.807) is 12.1 Å². The Kier molecular flexibility index (Phi) is 3.99. The fraction of sp³-hybridized carbons (Fsp3) is 0.0769. The van der Waals surface area contributed by atoms with Crippen LogP contribution in [0.25, 0.3) is 0 Å². The van der Waals surface area contributed by atoms with Gasteiger partial charge in [-0.05, 0) is 36.4 Å². The zero-order chi connectivity index (χ0) is 14.6. The highest BCUT2D eigenvalue weighted by Crippen LogP contribution is 2.20. The van der Waals surface area contributed by atoms with Gasteiger partial charge in [0.1, 0.15) is 10.6 Å². The molecular weight excluding hydrogens is 280 g/mol. The molecule has 0 aliphatic rings. The van der Waals surface area contributed by atoms with Crippen LogP contribution in [0.15, 0.2) is 53.7 Å². The molecule has 1 aromatic heterocycles. The number of rotatable bonds is 4. The maximum Gasteiger partial charge on any atom is 0.340 e. The maximum absolute atomic E-state index is 11.9. The Labute approximate surface area is 116 Å². The predicted molar refractivity (Wildman–Crippen MR) is 72.8 cm³/mol. The van der Waals surface area contributed by atoms with E-state index in [0.29, 0.717) is 5.69 Å². The molecule has 1 N–H and O–H groups in total. The van der Waals surface area contributed by atoms with Crippen LogP contribution >= 0.6 is 0 Å². The summed E-state index contributed by atoms with van der Waals surface area (Å²) in [4.78, 5) is 14.6. The molecule has 104 valence electrons. The zero-order valence-corrected chi connectivity index (χ0v) is 11.4. The molecule has 2 aromatic rings. The lowest BCUT2D eigenvalue weighted by atomic mass is 10.3. The molecule has 0 bridgehead atoms. The highest BCUT2D eigenvalue weighted by atomic mass is 32.2. The number of carbonyl (C=O) groups is 1. The topological polar surface area (TPSA) is 85.4 Å². The fourth-order valence-corrected chi connectivity index (χ4v) is 2.36. The lowest BCUT2D eigenvalue weighted by molar-refractivity contribution is -0.114. The molecule has 0 saturated carbocycles. The molecule has 6 nitrogen and oxygen atoms in total. The van der Waals surface area contributed by atoms with E-state index in [-0.39, 0.29) is 16.6 Å². The Bertz CT molecular complexity index is 697. The summed E-state index contributed by atoms with van der Waals surface area (Å²) in [5.74, 6) is -0.0513. The average Bonchev–Trinajstić information content (AvgIpc) is 2.41. The summed E-state index contributed by atoms with van der Waals surface area (Å²) in [6.07, 6.45) is 2.68. The van der Waals surface area contributed by atoms with Crippen LogP contribution in [0.4, 0.5) is 5.69 Å². The standard InChI is InChI=1S/C13H12N2O4S/c1-10(16)15-11-4-6-12(7-5-11)19-20(17,18)13-3-2-8-14-9-13/h2-9H,1H3,(H,15,16). The molecule has 0 saturated heterocycles. The second kappa shape index (κ2) is 5.70. The van der Waals surface area contributed by atoms with E-state index in [0.717, 1.165) is 0 Å². The van der Waals surface area contributed by atoms with Crippen molar-refractivity contribution in [3.05, 3.63) is 48.8 Å². The van der Waals surface area contributed by atoms with Gasteiger partial charge in [-0.15, -0.1) is 0 Å². The minimum Gasteiger partial charge on any atom is -0.379 e. The smallest absolute Gasteiger partial charge is 0.340 e. The van der Waals surface area contributed by atoms with Crippen molar-refractivity contribution in [2.75, 3.05) is 5.32 Å². The molecule has 7 heteroatoms. The number of aromatic nitrogens is 1. The van der Waals surface area contributed by atoms with Gasteiger partial charge in [-0.25, -0.2) is 0 Å². The van der Waals surface area contributed by atoms with Crippen LogP contribution in [-0.2, 0) is 14.9 Å². The van der Waals surface area contributed by atoms with Crippen molar-refractivity contribution in [3.63, 3.8) is 0 Å². The monoisotopic (exact) mass is 292 g/mol. The molecule has 0 fully saturated rings. The summed E-state index contributed by atoms with van der Waals surface area (Å²) >= 11 is 0. The predicted octanol–water partition coefficient (Wildman–Crippen LogP) is 1.81. The van der Waals surface area contributed by atoms with E-state index in [4.69, 9.17) is 4.18 Å². The summed E-state index contributed by atoms with van der Waals surface area (Å²) < 4.78 is 28.8. The van der Waals surface area contributed by atoms with Gasteiger partial charge in [-0.3, -0.25) is 9.78 Å². The van der Waals surface area contributed by atoms with Crippen molar-refractivity contribution in [2.45, 2.75) is 11.8 Å². The van der Waals surface area contributed by atoms with Crippen LogP contribution in [0.3, 0.4) is 0 Å². The van der Waals surface area contributed by atoms with Gasteiger partial charge in [-0.1, -0.05) is 0 Å². The van der Waals surface area contributed by atoms with Gasteiger partial charge in [0, 0.05) is 25.0 Å². The second-order valence-electron chi connectivity index (χ2n) is 3.93. The van der Waals surface area contributed by atoms with Gasteiger partial charge in [-0.2, -0.15) is 8.42 Å². The third kappa shape index (κ3) is 3.55. The van der Waals surface area contributed by atoms with Crippen molar-refractivity contribution >= 4 is 21.7 Å². The molecular formula is C13H12N2O4S. The maximum atomic E-state index is 11.9. The Balaban J connectivity index is 2.16. The summed E-state index contributed by atoms with van der Waals surface area (Å²) in [5, 5.41) is 2.57. The van der Waals surface area contributed by atoms with E-state index in [9.17, 15) is 13.2 Å². The highest BCUT2D eigenvalue weighted by Gasteiger charge is 2.16. The largest absolute Gasteiger partial charge is 0.379 e. The van der Waals surface area contributed by atoms with Crippen molar-refractivity contribution in [3.8, 4) is 5.75 Å². The number of nitrogens with one attached hydrogen (secondary N) is 1. The molecule has 2 rings (SSSR count). The van der Waals surface area contributed by atoms with Gasteiger partial charge in [0.15, 0.2) is 0 Å². The van der Waals surface area contributed by atoms with Crippen LogP contribution in [0.5, 0.6) is 5.75 Å². The van der Waals surface area contributed by atoms with Crippen molar-refractivity contribution in [1.29, 1.82) is 0 Å². The van der Waals surface area contributed by atoms with E-state index in [1.165, 1.54) is 43.6 Å². The number of amides is 1. The van der Waals surface area contributed by atoms with E-state index < -0.39 is 10.1 Å². The number of carbonyl (C=O) groups excluding carboxylic acids is 1. The normalized spacial score (nSPS) is 10.8. The Morgan fingerprint density at radius 1 is 1.20 bits per heavy atom. The summed E-state index contributed by atoms with van der Waals surface area (Å²) in [6.45, 7) is 1.39. The first-order valence-corrected chi connectivity index (χ1v) is 7.10. The number of hydrogen-bond donors (Lipinski definition) is 1. The molecule has 0 aliphatic heterocycles. The fourth-order valence-electron chi connectivity index (χ4n) is 1.47. The van der Waals surface area contributed by atoms with Crippen LogP contribution in [0.1, 0.15) is 6.92 Å². The first-order valence-electron chi connectivity index (χ1n) is 5.69. The molecule has 0 radical (unpaired) electrons. The van der Waals surface area contributed by atoms with Crippen LogP contribution in [0.2, 0.25) is 0 Å². The summed E-state index contributed by atoms with van der Waals surface area (Å²) in [6, 6.07) is 8.92. The molecule has 0 aliphatic carbocycles. The summed E-state index contributed by atoms with van der Waals surface area (Å²) in [7, 11) is -3.90. The Morgan fingerprint density at radius 2 is 1.90 bits per heavy atom. The molecule has 1 amide bonds. The average molecular weight is 292 g/mol. The van der Waals surface area contributed by atoms with Crippen LogP contribution in [0, 0.1) is 0 Å². The summed E-state index contributed by atoms with van der Waals surface area (Å²) in [5.41, 5.74) is 0.559. The molecule has 1 aromatic carbocycles. The first kappa shape index (κ1) is 14.0. The second-order valence-corrected chi connectivity index (χ2v) is 5.48. The molecule has 0 unspecified atom stereocenters. The van der Waals surface area contributed by atoms with Gasteiger partial charge < -0.3 is 9.50 Å². The number of nitrogens with zero attached hydrogens (tertiary/aromatic N) is 1. The molecule has 1 heterocycles. The van der Waals surface area contributed by atoms with Gasteiger partial charge >= 0.3 is 10.1 Å². The van der Waals surface area contributed by atoms with Gasteiger partial charge in [0.05, 0.1) is 0 Å². The first-order chi connectivity index (χ1) is 9.47. The third-order valence-corrected chi connectivity index (χ3v) is 3.53. The number of pyridine rings is 1. The third-order valence-electron chi connectivity index (χ3n) is 2.30. The minimum atomic E-state index is -3.90. The van der Waals surface area contributed by atoms with Crippen molar-refractivity contribution in [1.82, 2.24) is 4.98 Å². The molecule has 20 heavy (non-hydrogen) atoms. The minimum absolute atomic E-state index is 0.0223. The van der Waals surface area contributed by atoms with Crippen LogP contribution in [-0.4, -0.2) is 19.3 Å². The van der Waals surface area contributed by atoms with Gasteiger partial charge in [0.2, 0.25) is 5.91 Å². The number of benzene rings is 1. The Morgan fingerprint density at radius 3 is 2.45 bits per heavy atom. The van der Waals surface area contributed by atoms with Gasteiger partial charge in [0.25, 0.3) is 0 Å². The molecule has 0 spiro atoms. The lowest BCUT2D eigenvalue weighted by Crippen LogP contribution is -2.10. The lowest BCUT2D eigenvalue weighted by Gasteiger charge is -2.07. The highest BCUT2D eigenvalue weighted by molar-refractivity contribution is 7.87. The van der Waals surface area contributed by atoms with Crippen LogP contribution < -0.4 is 9.50 Å².